The van der Waals surface area contributed by atoms with Gasteiger partial charge in [0.25, 0.3) is 0 Å². The zero-order valence-electron chi connectivity index (χ0n) is 9.44. The predicted octanol–water partition coefficient (Wildman–Crippen LogP) is -0.0782. The van der Waals surface area contributed by atoms with Crippen molar-refractivity contribution in [3.8, 4) is 0 Å². The topological polar surface area (TPSA) is 105 Å². The number of aliphatic hydroxyl groups is 4. The Labute approximate surface area is 113 Å². The quantitative estimate of drug-likeness (QED) is 0.373. The molecule has 1 rings (SSSR count). The fourth-order valence-corrected chi connectivity index (χ4v) is 1.40. The molecule has 0 fully saturated rings. The molecule has 6 nitrogen and oxygen atoms in total. The summed E-state index contributed by atoms with van der Waals surface area (Å²) in [5, 5.41) is 40.2. The van der Waals surface area contributed by atoms with Gasteiger partial charge >= 0.3 is 0 Å². The van der Waals surface area contributed by atoms with E-state index in [9.17, 15) is 10.2 Å². The monoisotopic (exact) mass is 318 g/mol. The van der Waals surface area contributed by atoms with Gasteiger partial charge in [-0.2, -0.15) is 5.10 Å². The van der Waals surface area contributed by atoms with Gasteiger partial charge in [-0.05, 0) is 24.3 Å². The molecule has 18 heavy (non-hydrogen) atoms. The number of rotatable bonds is 6. The Bertz CT molecular complexity index is 385. The third-order valence-corrected chi connectivity index (χ3v) is 2.72. The summed E-state index contributed by atoms with van der Waals surface area (Å²) in [6, 6.07) is 7.18. The highest BCUT2D eigenvalue weighted by Gasteiger charge is 2.22. The molecular formula is C11H15BrN2O4. The normalized spacial score (nSPS) is 16.5. The van der Waals surface area contributed by atoms with E-state index in [0.29, 0.717) is 5.69 Å². The van der Waals surface area contributed by atoms with Crippen LogP contribution in [0, 0.1) is 0 Å². The van der Waals surface area contributed by atoms with Crippen LogP contribution in [0.2, 0.25) is 0 Å². The van der Waals surface area contributed by atoms with E-state index in [-0.39, 0.29) is 0 Å². The number of nitrogens with one attached hydrogen (secondary N) is 1. The van der Waals surface area contributed by atoms with Gasteiger partial charge in [0.1, 0.15) is 18.3 Å². The SMILES string of the molecule is OCC(O)C(O)C(O)C=NNc1ccc(Br)cc1. The van der Waals surface area contributed by atoms with Crippen LogP contribution in [0.5, 0.6) is 0 Å². The van der Waals surface area contributed by atoms with Crippen LogP contribution in [-0.2, 0) is 0 Å². The van der Waals surface area contributed by atoms with Gasteiger partial charge < -0.3 is 20.4 Å². The fourth-order valence-electron chi connectivity index (χ4n) is 1.14. The van der Waals surface area contributed by atoms with Crippen LogP contribution >= 0.6 is 15.9 Å². The number of hydrogen-bond acceptors (Lipinski definition) is 6. The van der Waals surface area contributed by atoms with Crippen LogP contribution in [0.25, 0.3) is 0 Å². The number of nitrogens with zero attached hydrogens (tertiary/aromatic N) is 1. The summed E-state index contributed by atoms with van der Waals surface area (Å²) < 4.78 is 0.929. The van der Waals surface area contributed by atoms with Gasteiger partial charge in [0.2, 0.25) is 0 Å². The Morgan fingerprint density at radius 1 is 1.22 bits per heavy atom. The van der Waals surface area contributed by atoms with Crippen molar-refractivity contribution in [2.45, 2.75) is 18.3 Å². The van der Waals surface area contributed by atoms with Gasteiger partial charge in [-0.15, -0.1) is 0 Å². The zero-order chi connectivity index (χ0) is 13.5. The summed E-state index contributed by atoms with van der Waals surface area (Å²) in [6.45, 7) is -0.633. The smallest absolute Gasteiger partial charge is 0.119 e. The van der Waals surface area contributed by atoms with Gasteiger partial charge in [-0.25, -0.2) is 0 Å². The van der Waals surface area contributed by atoms with E-state index in [4.69, 9.17) is 10.2 Å². The summed E-state index contributed by atoms with van der Waals surface area (Å²) in [4.78, 5) is 0. The van der Waals surface area contributed by atoms with Crippen molar-refractivity contribution >= 4 is 27.8 Å². The minimum atomic E-state index is -1.48. The minimum absolute atomic E-state index is 0.633. The van der Waals surface area contributed by atoms with Crippen molar-refractivity contribution in [3.05, 3.63) is 28.7 Å². The molecule has 0 aliphatic heterocycles. The molecule has 0 saturated carbocycles. The molecular weight excluding hydrogens is 304 g/mol. The second-order valence-electron chi connectivity index (χ2n) is 3.63. The average Bonchev–Trinajstić information content (AvgIpc) is 2.39. The van der Waals surface area contributed by atoms with E-state index in [1.165, 1.54) is 0 Å². The maximum absolute atomic E-state index is 9.42. The Hall–Kier alpha value is -0.990. The Balaban J connectivity index is 2.47. The van der Waals surface area contributed by atoms with E-state index in [2.05, 4.69) is 26.5 Å². The van der Waals surface area contributed by atoms with Crippen molar-refractivity contribution in [2.24, 2.45) is 5.10 Å². The van der Waals surface area contributed by atoms with Gasteiger partial charge in [-0.3, -0.25) is 5.43 Å². The summed E-state index contributed by atoms with van der Waals surface area (Å²) in [6.07, 6.45) is -3.20. The molecule has 0 heterocycles. The molecule has 3 atom stereocenters. The lowest BCUT2D eigenvalue weighted by atomic mass is 10.1. The molecule has 1 aromatic carbocycles. The molecule has 3 unspecified atom stereocenters. The molecule has 5 N–H and O–H groups in total. The van der Waals surface area contributed by atoms with E-state index < -0.39 is 24.9 Å². The fraction of sp³-hybridized carbons (Fsp3) is 0.364. The zero-order valence-corrected chi connectivity index (χ0v) is 11.0. The standard InChI is InChI=1S/C11H15BrN2O4/c12-7-1-3-8(4-2-7)14-13-5-9(16)11(18)10(17)6-15/h1-5,9-11,14-18H,6H2. The van der Waals surface area contributed by atoms with Crippen LogP contribution in [0.4, 0.5) is 5.69 Å². The van der Waals surface area contributed by atoms with E-state index in [0.717, 1.165) is 10.7 Å². The van der Waals surface area contributed by atoms with Crippen molar-refractivity contribution in [2.75, 3.05) is 12.0 Å². The number of aliphatic hydroxyl groups excluding tert-OH is 4. The number of benzene rings is 1. The average molecular weight is 319 g/mol. The van der Waals surface area contributed by atoms with Gasteiger partial charge in [-0.1, -0.05) is 15.9 Å². The van der Waals surface area contributed by atoms with E-state index in [1.54, 1.807) is 12.1 Å². The molecule has 0 aliphatic carbocycles. The molecule has 7 heteroatoms. The first-order valence-electron chi connectivity index (χ1n) is 5.24. The number of anilines is 1. The van der Waals surface area contributed by atoms with Crippen LogP contribution in [0.15, 0.2) is 33.8 Å². The first kappa shape index (κ1) is 15.1. The summed E-state index contributed by atoms with van der Waals surface area (Å²) >= 11 is 3.29. The first-order valence-corrected chi connectivity index (χ1v) is 6.03. The molecule has 0 amide bonds. The molecule has 0 bridgehead atoms. The summed E-state index contributed by atoms with van der Waals surface area (Å²) in [5.41, 5.74) is 3.36. The molecule has 1 aromatic rings. The Morgan fingerprint density at radius 2 is 1.83 bits per heavy atom. The lowest BCUT2D eigenvalue weighted by Gasteiger charge is -2.18. The third kappa shape index (κ3) is 4.71. The highest BCUT2D eigenvalue weighted by atomic mass is 79.9. The molecule has 100 valence electrons. The maximum Gasteiger partial charge on any atom is 0.119 e. The summed E-state index contributed by atoms with van der Waals surface area (Å²) in [7, 11) is 0. The van der Waals surface area contributed by atoms with Gasteiger partial charge in [0, 0.05) is 4.47 Å². The van der Waals surface area contributed by atoms with Crippen molar-refractivity contribution < 1.29 is 20.4 Å². The van der Waals surface area contributed by atoms with E-state index in [1.807, 2.05) is 12.1 Å². The lowest BCUT2D eigenvalue weighted by Crippen LogP contribution is -2.40. The Morgan fingerprint density at radius 3 is 2.39 bits per heavy atom. The number of hydrogen-bond donors (Lipinski definition) is 5. The van der Waals surface area contributed by atoms with Crippen LogP contribution in [0.3, 0.4) is 0 Å². The second-order valence-corrected chi connectivity index (χ2v) is 4.54. The van der Waals surface area contributed by atoms with Crippen molar-refractivity contribution in [3.63, 3.8) is 0 Å². The predicted molar refractivity (Wildman–Crippen MR) is 71.4 cm³/mol. The van der Waals surface area contributed by atoms with E-state index >= 15 is 0 Å². The molecule has 0 radical (unpaired) electrons. The molecule has 0 aliphatic rings. The molecule has 0 aromatic heterocycles. The minimum Gasteiger partial charge on any atom is -0.394 e. The highest BCUT2D eigenvalue weighted by Crippen LogP contribution is 2.13. The third-order valence-electron chi connectivity index (χ3n) is 2.20. The molecule has 0 spiro atoms. The Kier molecular flexibility index (Phi) is 6.23. The first-order chi connectivity index (χ1) is 8.54. The van der Waals surface area contributed by atoms with Crippen molar-refractivity contribution in [1.82, 2.24) is 0 Å². The van der Waals surface area contributed by atoms with Crippen molar-refractivity contribution in [1.29, 1.82) is 0 Å². The largest absolute Gasteiger partial charge is 0.394 e. The lowest BCUT2D eigenvalue weighted by molar-refractivity contribution is -0.0541. The summed E-state index contributed by atoms with van der Waals surface area (Å²) in [5.74, 6) is 0. The highest BCUT2D eigenvalue weighted by molar-refractivity contribution is 9.10. The van der Waals surface area contributed by atoms with Gasteiger partial charge in [0.05, 0.1) is 18.5 Å². The second kappa shape index (κ2) is 7.45. The maximum atomic E-state index is 9.42. The number of halogens is 1. The molecule has 0 saturated heterocycles. The number of hydrazone groups is 1. The van der Waals surface area contributed by atoms with Crippen LogP contribution < -0.4 is 5.43 Å². The van der Waals surface area contributed by atoms with Crippen LogP contribution in [-0.4, -0.2) is 51.6 Å². The van der Waals surface area contributed by atoms with Gasteiger partial charge in [0.15, 0.2) is 0 Å². The van der Waals surface area contributed by atoms with Crippen LogP contribution in [0.1, 0.15) is 0 Å².